The molecule has 32 heavy (non-hydrogen) atoms. The minimum Gasteiger partial charge on any atom is -0.352 e. The average molecular weight is 450 g/mol. The lowest BCUT2D eigenvalue weighted by Gasteiger charge is -2.17. The second-order valence-corrected chi connectivity index (χ2v) is 8.94. The maximum atomic E-state index is 12.6. The summed E-state index contributed by atoms with van der Waals surface area (Å²) in [5, 5.41) is 6.22. The highest BCUT2D eigenvalue weighted by Crippen LogP contribution is 2.30. The Balaban J connectivity index is 1.46. The average Bonchev–Trinajstić information content (AvgIpc) is 3.37. The molecule has 0 saturated carbocycles. The summed E-state index contributed by atoms with van der Waals surface area (Å²) in [4.78, 5) is 20.7. The van der Waals surface area contributed by atoms with Gasteiger partial charge in [0.2, 0.25) is 0 Å². The topological polar surface area (TPSA) is 61.7 Å². The van der Waals surface area contributed by atoms with Gasteiger partial charge in [0.15, 0.2) is 4.96 Å². The van der Waals surface area contributed by atoms with Crippen LogP contribution in [0.3, 0.4) is 0 Å². The molecule has 0 bridgehead atoms. The number of rotatable bonds is 10. The Labute approximate surface area is 193 Å². The fourth-order valence-corrected chi connectivity index (χ4v) is 4.97. The molecule has 0 atom stereocenters. The van der Waals surface area contributed by atoms with Gasteiger partial charge in [-0.25, -0.2) is 4.98 Å². The van der Waals surface area contributed by atoms with Crippen molar-refractivity contribution in [3.05, 3.63) is 59.8 Å². The normalized spacial score (nSPS) is 11.6. The van der Waals surface area contributed by atoms with Crippen LogP contribution in [0.1, 0.15) is 36.2 Å². The zero-order valence-electron chi connectivity index (χ0n) is 19.0. The Morgan fingerprint density at radius 2 is 1.91 bits per heavy atom. The summed E-state index contributed by atoms with van der Waals surface area (Å²) in [6.07, 6.45) is 3.04. The van der Waals surface area contributed by atoms with E-state index in [4.69, 9.17) is 4.98 Å². The molecule has 6 nitrogen and oxygen atoms in total. The Hall–Kier alpha value is -2.74. The summed E-state index contributed by atoms with van der Waals surface area (Å²) < 4.78 is 3.18. The number of hydrogen-bond acceptors (Lipinski definition) is 5. The summed E-state index contributed by atoms with van der Waals surface area (Å²) in [6.45, 7) is 8.98. The van der Waals surface area contributed by atoms with Crippen LogP contribution in [0.2, 0.25) is 0 Å². The Kier molecular flexibility index (Phi) is 7.19. The molecule has 0 spiro atoms. The molecular formula is C25H31N5OS. The number of amides is 1. The van der Waals surface area contributed by atoms with Gasteiger partial charge in [0.05, 0.1) is 15.9 Å². The van der Waals surface area contributed by atoms with Crippen molar-refractivity contribution in [3.8, 4) is 11.3 Å². The van der Waals surface area contributed by atoms with Gasteiger partial charge in [0.25, 0.3) is 5.91 Å². The van der Waals surface area contributed by atoms with Crippen LogP contribution in [0, 0.1) is 0 Å². The van der Waals surface area contributed by atoms with Crippen LogP contribution in [0.4, 0.5) is 0 Å². The van der Waals surface area contributed by atoms with E-state index in [0.717, 1.165) is 59.0 Å². The smallest absolute Gasteiger partial charge is 0.251 e. The molecule has 168 valence electrons. The molecule has 0 aliphatic carbocycles. The first-order valence-electron chi connectivity index (χ1n) is 11.3. The van der Waals surface area contributed by atoms with E-state index in [1.165, 1.54) is 5.56 Å². The largest absolute Gasteiger partial charge is 0.352 e. The van der Waals surface area contributed by atoms with Crippen molar-refractivity contribution in [3.63, 3.8) is 0 Å². The van der Waals surface area contributed by atoms with E-state index in [1.807, 2.05) is 25.2 Å². The molecule has 0 saturated heterocycles. The number of carbonyl (C=O) groups is 1. The van der Waals surface area contributed by atoms with Crippen LogP contribution >= 0.6 is 11.3 Å². The summed E-state index contributed by atoms with van der Waals surface area (Å²) in [5.74, 6) is -0.0140. The third-order valence-corrected chi connectivity index (χ3v) is 6.84. The van der Waals surface area contributed by atoms with Crippen molar-refractivity contribution in [2.45, 2.75) is 26.8 Å². The fourth-order valence-electron chi connectivity index (χ4n) is 3.93. The molecule has 0 aliphatic heterocycles. The van der Waals surface area contributed by atoms with E-state index >= 15 is 0 Å². The van der Waals surface area contributed by atoms with Crippen molar-refractivity contribution in [2.24, 2.45) is 0 Å². The Bertz CT molecular complexity index is 1190. The number of hydrogen-bond donors (Lipinski definition) is 2. The first-order valence-corrected chi connectivity index (χ1v) is 12.1. The van der Waals surface area contributed by atoms with Crippen LogP contribution in [-0.4, -0.2) is 53.4 Å². The molecule has 0 radical (unpaired) electrons. The number of carbonyl (C=O) groups excluding carboxylic acids is 1. The van der Waals surface area contributed by atoms with Crippen molar-refractivity contribution >= 4 is 32.4 Å². The quantitative estimate of drug-likeness (QED) is 0.352. The number of fused-ring (bicyclic) bond motifs is 3. The van der Waals surface area contributed by atoms with E-state index in [2.05, 4.69) is 64.2 Å². The van der Waals surface area contributed by atoms with Crippen LogP contribution in [-0.2, 0) is 6.54 Å². The number of thiazole rings is 1. The monoisotopic (exact) mass is 449 g/mol. The zero-order chi connectivity index (χ0) is 22.5. The molecule has 0 aliphatic rings. The SMILES string of the molecule is CCN(CC)CCCNC(=O)c1ccc2c(c1)sc1nc(-c3ccc(CNC)cc3)cn12. The van der Waals surface area contributed by atoms with Gasteiger partial charge in [-0.3, -0.25) is 9.20 Å². The summed E-state index contributed by atoms with van der Waals surface area (Å²) in [5.41, 5.74) is 5.10. The first kappa shape index (κ1) is 22.5. The van der Waals surface area contributed by atoms with Crippen molar-refractivity contribution in [1.82, 2.24) is 24.9 Å². The van der Waals surface area contributed by atoms with E-state index in [0.29, 0.717) is 12.1 Å². The molecule has 7 heteroatoms. The van der Waals surface area contributed by atoms with E-state index in [1.54, 1.807) is 11.3 Å². The molecule has 4 rings (SSSR count). The maximum Gasteiger partial charge on any atom is 0.251 e. The third-order valence-electron chi connectivity index (χ3n) is 5.82. The molecular weight excluding hydrogens is 418 g/mol. The summed E-state index contributed by atoms with van der Waals surface area (Å²) in [7, 11) is 1.95. The molecule has 2 N–H and O–H groups in total. The standard InChI is InChI=1S/C25H31N5OS/c1-4-29(5-2)14-6-13-27-24(31)20-11-12-22-23(15-20)32-25-28-21(17-30(22)25)19-9-7-18(8-10-19)16-26-3/h7-12,15,17,26H,4-6,13-14,16H2,1-3H3,(H,27,31). The zero-order valence-corrected chi connectivity index (χ0v) is 19.8. The summed E-state index contributed by atoms with van der Waals surface area (Å²) in [6, 6.07) is 14.4. The fraction of sp³-hybridized carbons (Fsp3) is 0.360. The minimum atomic E-state index is -0.0140. The highest BCUT2D eigenvalue weighted by Gasteiger charge is 2.13. The van der Waals surface area contributed by atoms with Crippen LogP contribution < -0.4 is 10.6 Å². The van der Waals surface area contributed by atoms with Gasteiger partial charge < -0.3 is 15.5 Å². The van der Waals surface area contributed by atoms with E-state index < -0.39 is 0 Å². The molecule has 0 unspecified atom stereocenters. The van der Waals surface area contributed by atoms with Crippen LogP contribution in [0.5, 0.6) is 0 Å². The van der Waals surface area contributed by atoms with Crippen molar-refractivity contribution in [2.75, 3.05) is 33.2 Å². The predicted molar refractivity (Wildman–Crippen MR) is 134 cm³/mol. The third kappa shape index (κ3) is 4.85. The predicted octanol–water partition coefficient (Wildman–Crippen LogP) is 4.40. The number of benzene rings is 2. The number of nitrogens with zero attached hydrogens (tertiary/aromatic N) is 3. The van der Waals surface area contributed by atoms with Gasteiger partial charge in [-0.15, -0.1) is 0 Å². The van der Waals surface area contributed by atoms with Gasteiger partial charge in [0, 0.05) is 30.4 Å². The van der Waals surface area contributed by atoms with Gasteiger partial charge in [-0.2, -0.15) is 0 Å². The van der Waals surface area contributed by atoms with E-state index in [9.17, 15) is 4.79 Å². The lowest BCUT2D eigenvalue weighted by molar-refractivity contribution is 0.0952. The highest BCUT2D eigenvalue weighted by atomic mass is 32.1. The first-order chi connectivity index (χ1) is 15.6. The van der Waals surface area contributed by atoms with E-state index in [-0.39, 0.29) is 5.91 Å². The Morgan fingerprint density at radius 3 is 2.62 bits per heavy atom. The lowest BCUT2D eigenvalue weighted by Crippen LogP contribution is -2.29. The number of aromatic nitrogens is 2. The molecule has 2 aromatic heterocycles. The van der Waals surface area contributed by atoms with Crippen LogP contribution in [0.25, 0.3) is 26.4 Å². The molecule has 2 heterocycles. The Morgan fingerprint density at radius 1 is 1.12 bits per heavy atom. The van der Waals surface area contributed by atoms with Gasteiger partial charge >= 0.3 is 0 Å². The molecule has 0 fully saturated rings. The second kappa shape index (κ2) is 10.3. The molecule has 1 amide bonds. The van der Waals surface area contributed by atoms with Crippen LogP contribution in [0.15, 0.2) is 48.7 Å². The summed E-state index contributed by atoms with van der Waals surface area (Å²) >= 11 is 1.61. The van der Waals surface area contributed by atoms with Gasteiger partial charge in [-0.05, 0) is 56.9 Å². The molecule has 4 aromatic rings. The second-order valence-electron chi connectivity index (χ2n) is 7.93. The number of nitrogens with one attached hydrogen (secondary N) is 2. The number of imidazole rings is 1. The maximum absolute atomic E-state index is 12.6. The van der Waals surface area contributed by atoms with Gasteiger partial charge in [0.1, 0.15) is 0 Å². The lowest BCUT2D eigenvalue weighted by atomic mass is 10.1. The highest BCUT2D eigenvalue weighted by molar-refractivity contribution is 7.23. The van der Waals surface area contributed by atoms with Crippen molar-refractivity contribution in [1.29, 1.82) is 0 Å². The molecule has 2 aromatic carbocycles. The van der Waals surface area contributed by atoms with Gasteiger partial charge in [-0.1, -0.05) is 49.4 Å². The van der Waals surface area contributed by atoms with Crippen molar-refractivity contribution < 1.29 is 4.79 Å². The minimum absolute atomic E-state index is 0.0140.